The largest absolute Gasteiger partial charge is 0.476 e. The summed E-state index contributed by atoms with van der Waals surface area (Å²) in [6.07, 6.45) is 1.06. The van der Waals surface area contributed by atoms with Gasteiger partial charge in [-0.15, -0.1) is 0 Å². The molecule has 2 aromatic carbocycles. The normalized spacial score (nSPS) is 15.3. The molecule has 0 unspecified atom stereocenters. The molecule has 0 radical (unpaired) electrons. The molecule has 10 nitrogen and oxygen atoms in total. The van der Waals surface area contributed by atoms with Gasteiger partial charge in [0.1, 0.15) is 0 Å². The van der Waals surface area contributed by atoms with Crippen LogP contribution < -0.4 is 21.3 Å². The Kier molecular flexibility index (Phi) is 4.59. The number of nitrogens with one attached hydrogen (secondary N) is 2. The molecule has 3 N–H and O–H groups in total. The molecule has 1 fully saturated rings. The van der Waals surface area contributed by atoms with Crippen LogP contribution in [0.15, 0.2) is 33.9 Å². The van der Waals surface area contributed by atoms with Crippen LogP contribution >= 0.6 is 23.2 Å². The summed E-state index contributed by atoms with van der Waals surface area (Å²) in [7, 11) is 0. The van der Waals surface area contributed by atoms with Gasteiger partial charge in [0.15, 0.2) is 17.3 Å². The Balaban J connectivity index is 1.55. The fraction of sp³-hybridized carbons (Fsp3) is 0.150. The number of aromatic amines is 1. The van der Waals surface area contributed by atoms with E-state index in [9.17, 15) is 19.2 Å². The summed E-state index contributed by atoms with van der Waals surface area (Å²) in [6, 6.07) is 5.20. The Hall–Kier alpha value is -3.70. The van der Waals surface area contributed by atoms with Gasteiger partial charge in [0, 0.05) is 11.3 Å². The molecule has 1 spiro atoms. The van der Waals surface area contributed by atoms with E-state index in [0.29, 0.717) is 23.2 Å². The molecule has 1 aliphatic carbocycles. The molecule has 2 heterocycles. The van der Waals surface area contributed by atoms with E-state index in [1.54, 1.807) is 0 Å². The number of halogens is 3. The van der Waals surface area contributed by atoms with Gasteiger partial charge in [-0.05, 0) is 37.1 Å². The highest BCUT2D eigenvalue weighted by Crippen LogP contribution is 2.57. The molecule has 33 heavy (non-hydrogen) atoms. The first-order chi connectivity index (χ1) is 15.6. The molecule has 1 aromatic heterocycles. The summed E-state index contributed by atoms with van der Waals surface area (Å²) in [5, 5.41) is 15.0. The number of carbonyl (C=O) groups excluding carboxylic acids is 1. The van der Waals surface area contributed by atoms with Gasteiger partial charge in [-0.2, -0.15) is 9.78 Å². The number of rotatable bonds is 4. The highest BCUT2D eigenvalue weighted by atomic mass is 35.5. The van der Waals surface area contributed by atoms with E-state index in [1.165, 1.54) is 24.3 Å². The number of carboxylic acid groups (broad SMARTS) is 1. The lowest BCUT2D eigenvalue weighted by Gasteiger charge is -2.15. The highest BCUT2D eigenvalue weighted by molar-refractivity contribution is 6.37. The zero-order valence-electron chi connectivity index (χ0n) is 16.2. The molecule has 13 heteroatoms. The summed E-state index contributed by atoms with van der Waals surface area (Å²) in [5.74, 6) is -2.96. The standard InChI is InChI=1S/C20H11Cl2FN4O6/c21-8-5-7(27-19(32)25-16(28)14(26-27)17(29)30)6-9(22)15(8)33-11-2-1-10-12(13(11)23)20(3-4-20)18(31)24-10/h1-2,5-6H,3-4H2,(H,24,31)(H,29,30)(H,25,28,32). The van der Waals surface area contributed by atoms with Crippen molar-refractivity contribution in [3.8, 4) is 17.2 Å². The van der Waals surface area contributed by atoms with Crippen LogP contribution in [-0.4, -0.2) is 31.7 Å². The van der Waals surface area contributed by atoms with E-state index in [0.717, 1.165) is 0 Å². The number of H-pyrrole nitrogens is 1. The van der Waals surface area contributed by atoms with E-state index >= 15 is 4.39 Å². The maximum atomic E-state index is 15.2. The van der Waals surface area contributed by atoms with Crippen LogP contribution in [0.25, 0.3) is 5.69 Å². The molecule has 2 aliphatic rings. The number of nitrogens with zero attached hydrogens (tertiary/aromatic N) is 2. The number of carboxylic acids is 1. The molecule has 168 valence electrons. The topological polar surface area (TPSA) is 143 Å². The molecular formula is C20H11Cl2FN4O6. The van der Waals surface area contributed by atoms with Gasteiger partial charge in [-0.3, -0.25) is 14.6 Å². The first-order valence-electron chi connectivity index (χ1n) is 9.41. The monoisotopic (exact) mass is 492 g/mol. The molecule has 0 atom stereocenters. The third kappa shape index (κ3) is 3.19. The fourth-order valence-corrected chi connectivity index (χ4v) is 4.31. The lowest BCUT2D eigenvalue weighted by Crippen LogP contribution is -2.35. The average molecular weight is 493 g/mol. The van der Waals surface area contributed by atoms with Crippen LogP contribution in [0.4, 0.5) is 10.1 Å². The molecule has 1 aliphatic heterocycles. The number of aromatic carboxylic acids is 1. The maximum absolute atomic E-state index is 15.2. The Bertz CT molecular complexity index is 1490. The van der Waals surface area contributed by atoms with Crippen molar-refractivity contribution in [1.82, 2.24) is 14.8 Å². The second kappa shape index (κ2) is 7.15. The minimum absolute atomic E-state index is 0.0674. The fourth-order valence-electron chi connectivity index (χ4n) is 3.76. The van der Waals surface area contributed by atoms with Crippen molar-refractivity contribution < 1.29 is 23.8 Å². The number of hydrogen-bond acceptors (Lipinski definition) is 6. The zero-order valence-corrected chi connectivity index (χ0v) is 17.8. The predicted molar refractivity (Wildman–Crippen MR) is 113 cm³/mol. The number of benzene rings is 2. The summed E-state index contributed by atoms with van der Waals surface area (Å²) in [4.78, 5) is 48.9. The number of hydrogen-bond donors (Lipinski definition) is 3. The number of ether oxygens (including phenoxy) is 1. The molecule has 1 saturated carbocycles. The van der Waals surface area contributed by atoms with E-state index in [2.05, 4.69) is 10.4 Å². The van der Waals surface area contributed by atoms with Crippen molar-refractivity contribution in [3.63, 3.8) is 0 Å². The number of carbonyl (C=O) groups is 2. The minimum Gasteiger partial charge on any atom is -0.476 e. The van der Waals surface area contributed by atoms with Gasteiger partial charge in [0.05, 0.1) is 21.1 Å². The van der Waals surface area contributed by atoms with E-state index in [4.69, 9.17) is 33.0 Å². The Labute approximate surface area is 192 Å². The summed E-state index contributed by atoms with van der Waals surface area (Å²) >= 11 is 12.5. The van der Waals surface area contributed by atoms with Crippen LogP contribution in [-0.2, 0) is 10.2 Å². The number of fused-ring (bicyclic) bond motifs is 2. The van der Waals surface area contributed by atoms with Crippen molar-refractivity contribution in [2.75, 3.05) is 5.32 Å². The van der Waals surface area contributed by atoms with E-state index < -0.39 is 34.1 Å². The lowest BCUT2D eigenvalue weighted by molar-refractivity contribution is -0.117. The number of anilines is 1. The van der Waals surface area contributed by atoms with Crippen molar-refractivity contribution in [2.45, 2.75) is 18.3 Å². The third-order valence-electron chi connectivity index (χ3n) is 5.49. The Morgan fingerprint density at radius 3 is 2.45 bits per heavy atom. The lowest BCUT2D eigenvalue weighted by atomic mass is 9.97. The van der Waals surface area contributed by atoms with Crippen LogP contribution in [0.1, 0.15) is 28.9 Å². The summed E-state index contributed by atoms with van der Waals surface area (Å²) in [5.41, 5.74) is -3.44. The van der Waals surface area contributed by atoms with Crippen LogP contribution in [0, 0.1) is 5.82 Å². The van der Waals surface area contributed by atoms with Gasteiger partial charge in [0.25, 0.3) is 5.56 Å². The van der Waals surface area contributed by atoms with Crippen LogP contribution in [0.3, 0.4) is 0 Å². The molecule has 3 aromatic rings. The summed E-state index contributed by atoms with van der Waals surface area (Å²) < 4.78 is 21.4. The van der Waals surface area contributed by atoms with Crippen molar-refractivity contribution in [1.29, 1.82) is 0 Å². The van der Waals surface area contributed by atoms with Crippen LogP contribution in [0.2, 0.25) is 10.0 Å². The third-order valence-corrected chi connectivity index (χ3v) is 6.05. The highest BCUT2D eigenvalue weighted by Gasteiger charge is 2.58. The van der Waals surface area contributed by atoms with Crippen LogP contribution in [0.5, 0.6) is 11.5 Å². The number of amides is 1. The predicted octanol–water partition coefficient (Wildman–Crippen LogP) is 2.84. The average Bonchev–Trinajstić information content (AvgIpc) is 3.47. The zero-order chi connectivity index (χ0) is 23.7. The Morgan fingerprint density at radius 2 is 1.85 bits per heavy atom. The van der Waals surface area contributed by atoms with E-state index in [1.807, 2.05) is 4.98 Å². The second-order valence-electron chi connectivity index (χ2n) is 7.50. The second-order valence-corrected chi connectivity index (χ2v) is 8.32. The van der Waals surface area contributed by atoms with Crippen molar-refractivity contribution in [3.05, 3.63) is 72.2 Å². The van der Waals surface area contributed by atoms with Gasteiger partial charge in [0.2, 0.25) is 11.6 Å². The SMILES string of the molecule is O=C(O)c1nn(-c2cc(Cl)c(Oc3ccc4c(c3F)C3(CC3)C(=O)N4)c(Cl)c2)c(=O)[nH]c1=O. The maximum Gasteiger partial charge on any atom is 0.362 e. The molecule has 1 amide bonds. The molecule has 5 rings (SSSR count). The van der Waals surface area contributed by atoms with Gasteiger partial charge >= 0.3 is 11.7 Å². The first kappa shape index (κ1) is 21.2. The van der Waals surface area contributed by atoms with Crippen molar-refractivity contribution >= 4 is 40.8 Å². The first-order valence-corrected chi connectivity index (χ1v) is 10.2. The van der Waals surface area contributed by atoms with Gasteiger partial charge in [-0.1, -0.05) is 23.2 Å². The minimum atomic E-state index is -1.64. The van der Waals surface area contributed by atoms with E-state index in [-0.39, 0.29) is 38.7 Å². The quantitative estimate of drug-likeness (QED) is 0.507. The molecule has 0 saturated heterocycles. The van der Waals surface area contributed by atoms with Gasteiger partial charge < -0.3 is 15.2 Å². The Morgan fingerprint density at radius 1 is 1.18 bits per heavy atom. The van der Waals surface area contributed by atoms with Crippen molar-refractivity contribution in [2.24, 2.45) is 0 Å². The van der Waals surface area contributed by atoms with Gasteiger partial charge in [-0.25, -0.2) is 14.0 Å². The molecular weight excluding hydrogens is 482 g/mol. The summed E-state index contributed by atoms with van der Waals surface area (Å²) in [6.45, 7) is 0. The smallest absolute Gasteiger partial charge is 0.362 e. The molecule has 0 bridgehead atoms. The number of aromatic nitrogens is 3.